The third kappa shape index (κ3) is 5.75. The molecule has 5 heteroatoms. The van der Waals surface area contributed by atoms with E-state index < -0.39 is 0 Å². The fourth-order valence-corrected chi connectivity index (χ4v) is 2.25. The van der Waals surface area contributed by atoms with Crippen LogP contribution in [0.3, 0.4) is 0 Å². The van der Waals surface area contributed by atoms with Gasteiger partial charge >= 0.3 is 0 Å². The second-order valence-electron chi connectivity index (χ2n) is 5.01. The minimum atomic E-state index is 0.0554. The molecule has 2 aromatic rings. The predicted octanol–water partition coefficient (Wildman–Crippen LogP) is 3.86. The van der Waals surface area contributed by atoms with E-state index >= 15 is 0 Å². The number of halogens is 1. The Morgan fingerprint density at radius 2 is 1.78 bits per heavy atom. The molecule has 0 fully saturated rings. The first-order chi connectivity index (χ1) is 11.2. The van der Waals surface area contributed by atoms with E-state index in [1.165, 1.54) is 0 Å². The Labute approximate surface area is 142 Å². The maximum absolute atomic E-state index is 9.07. The lowest BCUT2D eigenvalue weighted by Crippen LogP contribution is -2.08. The molecule has 124 valence electrons. The van der Waals surface area contributed by atoms with Gasteiger partial charge in [0, 0.05) is 18.2 Å². The van der Waals surface area contributed by atoms with Gasteiger partial charge in [0.1, 0.15) is 12.4 Å². The number of benzene rings is 2. The van der Waals surface area contributed by atoms with E-state index in [9.17, 15) is 0 Å². The van der Waals surface area contributed by atoms with Gasteiger partial charge in [-0.25, -0.2) is 0 Å². The smallest absolute Gasteiger partial charge is 0.142 e. The van der Waals surface area contributed by atoms with E-state index in [4.69, 9.17) is 26.2 Å². The van der Waals surface area contributed by atoms with Crippen molar-refractivity contribution in [2.45, 2.75) is 20.1 Å². The minimum absolute atomic E-state index is 0.0554. The highest BCUT2D eigenvalue weighted by Gasteiger charge is 2.05. The lowest BCUT2D eigenvalue weighted by Gasteiger charge is -2.14. The van der Waals surface area contributed by atoms with Gasteiger partial charge < -0.3 is 19.9 Å². The van der Waals surface area contributed by atoms with Crippen LogP contribution in [0.1, 0.15) is 18.1 Å². The summed E-state index contributed by atoms with van der Waals surface area (Å²) in [6.45, 7) is 4.39. The Morgan fingerprint density at radius 3 is 2.48 bits per heavy atom. The summed E-state index contributed by atoms with van der Waals surface area (Å²) in [5.41, 5.74) is 2.86. The fraction of sp³-hybridized carbons (Fsp3) is 0.333. The molecule has 0 spiro atoms. The minimum Gasteiger partial charge on any atom is -0.489 e. The summed E-state index contributed by atoms with van der Waals surface area (Å²) in [5.74, 6) is 0.751. The maximum atomic E-state index is 9.07. The molecule has 0 aromatic heterocycles. The van der Waals surface area contributed by atoms with Gasteiger partial charge in [-0.2, -0.15) is 0 Å². The average molecular weight is 336 g/mol. The Balaban J connectivity index is 1.97. The van der Waals surface area contributed by atoms with E-state index in [1.54, 1.807) is 6.07 Å². The van der Waals surface area contributed by atoms with Crippen molar-refractivity contribution in [2.75, 3.05) is 25.1 Å². The molecular weight excluding hydrogens is 314 g/mol. The lowest BCUT2D eigenvalue weighted by molar-refractivity contribution is 0.110. The predicted molar refractivity (Wildman–Crippen MR) is 93.1 cm³/mol. The molecular formula is C18H22ClNO3. The molecule has 0 saturated heterocycles. The van der Waals surface area contributed by atoms with E-state index in [1.807, 2.05) is 43.3 Å². The molecule has 0 aliphatic carbocycles. The summed E-state index contributed by atoms with van der Waals surface area (Å²) in [4.78, 5) is 0. The van der Waals surface area contributed by atoms with Crippen molar-refractivity contribution >= 4 is 17.3 Å². The first-order valence-corrected chi connectivity index (χ1v) is 8.03. The number of anilines is 1. The highest BCUT2D eigenvalue weighted by atomic mass is 35.5. The Kier molecular flexibility index (Phi) is 7.20. The summed E-state index contributed by atoms with van der Waals surface area (Å²) < 4.78 is 11.0. The third-order valence-corrected chi connectivity index (χ3v) is 3.55. The first kappa shape index (κ1) is 17.6. The number of ether oxygens (including phenoxy) is 2. The zero-order valence-electron chi connectivity index (χ0n) is 13.2. The van der Waals surface area contributed by atoms with Gasteiger partial charge in [-0.05, 0) is 36.2 Å². The van der Waals surface area contributed by atoms with Crippen LogP contribution in [0.4, 0.5) is 5.69 Å². The molecule has 0 unspecified atom stereocenters. The molecule has 0 atom stereocenters. The summed E-state index contributed by atoms with van der Waals surface area (Å²) in [6.07, 6.45) is 0. The van der Waals surface area contributed by atoms with Crippen LogP contribution in [-0.4, -0.2) is 24.9 Å². The largest absolute Gasteiger partial charge is 0.489 e. The van der Waals surface area contributed by atoms with E-state index in [-0.39, 0.29) is 6.61 Å². The summed E-state index contributed by atoms with van der Waals surface area (Å²) in [6, 6.07) is 13.3. The Morgan fingerprint density at radius 1 is 1.04 bits per heavy atom. The molecule has 4 nitrogen and oxygen atoms in total. The monoisotopic (exact) mass is 335 g/mol. The van der Waals surface area contributed by atoms with Crippen molar-refractivity contribution in [1.82, 2.24) is 0 Å². The maximum Gasteiger partial charge on any atom is 0.142 e. The van der Waals surface area contributed by atoms with E-state index in [0.29, 0.717) is 31.4 Å². The number of hydrogen-bond acceptors (Lipinski definition) is 4. The highest BCUT2D eigenvalue weighted by molar-refractivity contribution is 6.30. The van der Waals surface area contributed by atoms with Gasteiger partial charge in [0.15, 0.2) is 0 Å². The molecule has 23 heavy (non-hydrogen) atoms. The van der Waals surface area contributed by atoms with Crippen molar-refractivity contribution in [3.05, 3.63) is 58.6 Å². The second-order valence-corrected chi connectivity index (χ2v) is 5.45. The molecule has 2 rings (SSSR count). The Bertz CT molecular complexity index is 602. The van der Waals surface area contributed by atoms with Crippen molar-refractivity contribution < 1.29 is 14.6 Å². The SMILES string of the molecule is CCOCCOc1ccc(Cl)cc1NCc1ccc(CO)cc1. The van der Waals surface area contributed by atoms with Crippen LogP contribution in [0, 0.1) is 0 Å². The fourth-order valence-electron chi connectivity index (χ4n) is 2.08. The topological polar surface area (TPSA) is 50.7 Å². The van der Waals surface area contributed by atoms with Gasteiger partial charge in [0.2, 0.25) is 0 Å². The average Bonchev–Trinajstić information content (AvgIpc) is 2.58. The second kappa shape index (κ2) is 9.40. The first-order valence-electron chi connectivity index (χ1n) is 7.65. The van der Waals surface area contributed by atoms with Crippen molar-refractivity contribution in [1.29, 1.82) is 0 Å². The number of rotatable bonds is 9. The van der Waals surface area contributed by atoms with Crippen LogP contribution in [-0.2, 0) is 17.9 Å². The number of hydrogen-bond donors (Lipinski definition) is 2. The molecule has 0 radical (unpaired) electrons. The Hall–Kier alpha value is -1.75. The van der Waals surface area contributed by atoms with Crippen molar-refractivity contribution in [3.63, 3.8) is 0 Å². The summed E-state index contributed by atoms with van der Waals surface area (Å²) >= 11 is 6.07. The molecule has 0 heterocycles. The van der Waals surface area contributed by atoms with Gasteiger partial charge in [0.05, 0.1) is 18.9 Å². The number of aliphatic hydroxyl groups is 1. The standard InChI is InChI=1S/C18H22ClNO3/c1-2-22-9-10-23-18-8-7-16(19)11-17(18)20-12-14-3-5-15(13-21)6-4-14/h3-8,11,20-21H,2,9-10,12-13H2,1H3. The van der Waals surface area contributed by atoms with E-state index in [2.05, 4.69) is 5.32 Å². The molecule has 0 saturated carbocycles. The molecule has 0 amide bonds. The molecule has 0 aliphatic rings. The lowest BCUT2D eigenvalue weighted by atomic mass is 10.1. The highest BCUT2D eigenvalue weighted by Crippen LogP contribution is 2.28. The van der Waals surface area contributed by atoms with Gasteiger partial charge in [-0.15, -0.1) is 0 Å². The third-order valence-electron chi connectivity index (χ3n) is 3.32. The van der Waals surface area contributed by atoms with Crippen LogP contribution >= 0.6 is 11.6 Å². The van der Waals surface area contributed by atoms with Crippen LogP contribution < -0.4 is 10.1 Å². The molecule has 2 N–H and O–H groups in total. The molecule has 0 aliphatic heterocycles. The summed E-state index contributed by atoms with van der Waals surface area (Å²) in [7, 11) is 0. The number of nitrogens with one attached hydrogen (secondary N) is 1. The van der Waals surface area contributed by atoms with Crippen molar-refractivity contribution in [2.24, 2.45) is 0 Å². The molecule has 0 bridgehead atoms. The normalized spacial score (nSPS) is 10.6. The quantitative estimate of drug-likeness (QED) is 0.683. The van der Waals surface area contributed by atoms with Crippen LogP contribution in [0.5, 0.6) is 5.75 Å². The van der Waals surface area contributed by atoms with E-state index in [0.717, 1.165) is 22.6 Å². The van der Waals surface area contributed by atoms with Gasteiger partial charge in [-0.3, -0.25) is 0 Å². The van der Waals surface area contributed by atoms with Crippen LogP contribution in [0.15, 0.2) is 42.5 Å². The summed E-state index contributed by atoms with van der Waals surface area (Å²) in [5, 5.41) is 13.1. The van der Waals surface area contributed by atoms with Gasteiger partial charge in [-0.1, -0.05) is 35.9 Å². The van der Waals surface area contributed by atoms with Gasteiger partial charge in [0.25, 0.3) is 0 Å². The number of aliphatic hydroxyl groups excluding tert-OH is 1. The van der Waals surface area contributed by atoms with Crippen LogP contribution in [0.2, 0.25) is 5.02 Å². The zero-order valence-corrected chi connectivity index (χ0v) is 14.0. The zero-order chi connectivity index (χ0) is 16.5. The van der Waals surface area contributed by atoms with Crippen LogP contribution in [0.25, 0.3) is 0 Å². The van der Waals surface area contributed by atoms with Crippen molar-refractivity contribution in [3.8, 4) is 5.75 Å². The molecule has 2 aromatic carbocycles.